The SMILES string of the molecule is CCc1oc2ccccc2c1C=CC(=O)Nc1nnc(C)s1. The van der Waals surface area contributed by atoms with Crippen LogP contribution in [0, 0.1) is 6.92 Å². The first-order valence-electron chi connectivity index (χ1n) is 6.97. The number of fused-ring (bicyclic) bond motifs is 1. The number of rotatable bonds is 4. The Morgan fingerprint density at radius 3 is 2.91 bits per heavy atom. The predicted octanol–water partition coefficient (Wildman–Crippen LogP) is 3.81. The minimum Gasteiger partial charge on any atom is -0.460 e. The van der Waals surface area contributed by atoms with Crippen molar-refractivity contribution >= 4 is 39.4 Å². The Balaban J connectivity index is 1.84. The third-order valence-corrected chi connectivity index (χ3v) is 3.94. The maximum Gasteiger partial charge on any atom is 0.250 e. The van der Waals surface area contributed by atoms with Crippen LogP contribution in [0.25, 0.3) is 17.0 Å². The molecule has 1 aromatic carbocycles. The van der Waals surface area contributed by atoms with Gasteiger partial charge in [0.2, 0.25) is 11.0 Å². The number of benzene rings is 1. The highest BCUT2D eigenvalue weighted by atomic mass is 32.1. The first-order valence-corrected chi connectivity index (χ1v) is 7.78. The minimum atomic E-state index is -0.233. The standard InChI is InChI=1S/C16H15N3O2S/c1-3-13-12(11-6-4-5-7-14(11)21-13)8-9-15(20)17-16-19-18-10(2)22-16/h4-9H,3H2,1-2H3,(H,17,19,20). The summed E-state index contributed by atoms with van der Waals surface area (Å²) in [6.07, 6.45) is 4.05. The molecule has 0 spiro atoms. The summed E-state index contributed by atoms with van der Waals surface area (Å²) < 4.78 is 5.80. The monoisotopic (exact) mass is 313 g/mol. The van der Waals surface area contributed by atoms with Gasteiger partial charge in [-0.05, 0) is 19.1 Å². The maximum atomic E-state index is 12.0. The van der Waals surface area contributed by atoms with Crippen molar-refractivity contribution in [2.24, 2.45) is 0 Å². The van der Waals surface area contributed by atoms with Gasteiger partial charge in [-0.25, -0.2) is 0 Å². The van der Waals surface area contributed by atoms with E-state index in [4.69, 9.17) is 4.42 Å². The van der Waals surface area contributed by atoms with E-state index in [-0.39, 0.29) is 5.91 Å². The van der Waals surface area contributed by atoms with Crippen molar-refractivity contribution in [2.75, 3.05) is 5.32 Å². The molecule has 0 aliphatic carbocycles. The van der Waals surface area contributed by atoms with Crippen LogP contribution in [-0.4, -0.2) is 16.1 Å². The van der Waals surface area contributed by atoms with Crippen LogP contribution in [0.1, 0.15) is 23.3 Å². The van der Waals surface area contributed by atoms with Crippen LogP contribution in [0.2, 0.25) is 0 Å². The van der Waals surface area contributed by atoms with E-state index in [2.05, 4.69) is 15.5 Å². The lowest BCUT2D eigenvalue weighted by Gasteiger charge is -1.96. The summed E-state index contributed by atoms with van der Waals surface area (Å²) in [7, 11) is 0. The first kappa shape index (κ1) is 14.5. The van der Waals surface area contributed by atoms with Gasteiger partial charge < -0.3 is 4.42 Å². The number of para-hydroxylation sites is 1. The molecule has 0 atom stereocenters. The van der Waals surface area contributed by atoms with Gasteiger partial charge in [0, 0.05) is 23.4 Å². The van der Waals surface area contributed by atoms with Gasteiger partial charge in [0.15, 0.2) is 0 Å². The fourth-order valence-corrected chi connectivity index (χ4v) is 2.81. The Kier molecular flexibility index (Phi) is 4.02. The van der Waals surface area contributed by atoms with Gasteiger partial charge in [-0.15, -0.1) is 10.2 Å². The largest absolute Gasteiger partial charge is 0.460 e. The molecule has 6 heteroatoms. The molecule has 0 saturated heterocycles. The van der Waals surface area contributed by atoms with Gasteiger partial charge in [0.25, 0.3) is 0 Å². The molecule has 0 fully saturated rings. The maximum absolute atomic E-state index is 12.0. The lowest BCUT2D eigenvalue weighted by molar-refractivity contribution is -0.111. The summed E-state index contributed by atoms with van der Waals surface area (Å²) in [5, 5.41) is 12.8. The van der Waals surface area contributed by atoms with E-state index in [0.717, 1.165) is 33.7 Å². The summed E-state index contributed by atoms with van der Waals surface area (Å²) >= 11 is 1.34. The van der Waals surface area contributed by atoms with Crippen molar-refractivity contribution in [3.05, 3.63) is 46.7 Å². The number of hydrogen-bond acceptors (Lipinski definition) is 5. The predicted molar refractivity (Wildman–Crippen MR) is 87.9 cm³/mol. The van der Waals surface area contributed by atoms with Crippen LogP contribution >= 0.6 is 11.3 Å². The summed E-state index contributed by atoms with van der Waals surface area (Å²) in [5.41, 5.74) is 1.78. The molecular weight excluding hydrogens is 298 g/mol. The highest BCUT2D eigenvalue weighted by Crippen LogP contribution is 2.27. The molecule has 5 nitrogen and oxygen atoms in total. The van der Waals surface area contributed by atoms with Crippen LogP contribution in [0.4, 0.5) is 5.13 Å². The van der Waals surface area contributed by atoms with E-state index in [0.29, 0.717) is 5.13 Å². The fourth-order valence-electron chi connectivity index (χ4n) is 2.21. The number of nitrogens with zero attached hydrogens (tertiary/aromatic N) is 2. The van der Waals surface area contributed by atoms with Gasteiger partial charge in [-0.3, -0.25) is 10.1 Å². The van der Waals surface area contributed by atoms with E-state index >= 15 is 0 Å². The van der Waals surface area contributed by atoms with Gasteiger partial charge in [-0.2, -0.15) is 0 Å². The number of furan rings is 1. The normalized spacial score (nSPS) is 11.4. The summed E-state index contributed by atoms with van der Waals surface area (Å²) in [5.74, 6) is 0.639. The van der Waals surface area contributed by atoms with E-state index in [1.807, 2.05) is 38.1 Å². The third kappa shape index (κ3) is 2.92. The molecule has 3 aromatic rings. The molecule has 0 bridgehead atoms. The Labute approximate surface area is 131 Å². The lowest BCUT2D eigenvalue weighted by Crippen LogP contribution is -2.07. The summed E-state index contributed by atoms with van der Waals surface area (Å²) in [6.45, 7) is 3.87. The number of amides is 1. The number of nitrogens with one attached hydrogen (secondary N) is 1. The van der Waals surface area contributed by atoms with Crippen molar-refractivity contribution in [1.29, 1.82) is 0 Å². The highest BCUT2D eigenvalue weighted by Gasteiger charge is 2.10. The molecule has 1 amide bonds. The van der Waals surface area contributed by atoms with Crippen molar-refractivity contribution < 1.29 is 9.21 Å². The van der Waals surface area contributed by atoms with Crippen LogP contribution in [0.5, 0.6) is 0 Å². The van der Waals surface area contributed by atoms with Crippen LogP contribution in [0.3, 0.4) is 0 Å². The highest BCUT2D eigenvalue weighted by molar-refractivity contribution is 7.15. The molecule has 0 radical (unpaired) electrons. The second-order valence-corrected chi connectivity index (χ2v) is 5.92. The van der Waals surface area contributed by atoms with Gasteiger partial charge in [0.1, 0.15) is 16.4 Å². The van der Waals surface area contributed by atoms with Crippen LogP contribution in [-0.2, 0) is 11.2 Å². The molecule has 0 saturated carbocycles. The van der Waals surface area contributed by atoms with Crippen molar-refractivity contribution in [2.45, 2.75) is 20.3 Å². The van der Waals surface area contributed by atoms with Crippen molar-refractivity contribution in [3.63, 3.8) is 0 Å². The molecular formula is C16H15N3O2S. The second kappa shape index (κ2) is 6.11. The van der Waals surface area contributed by atoms with Crippen LogP contribution < -0.4 is 5.32 Å². The Morgan fingerprint density at radius 2 is 2.18 bits per heavy atom. The van der Waals surface area contributed by atoms with Crippen molar-refractivity contribution in [3.8, 4) is 0 Å². The van der Waals surface area contributed by atoms with Crippen LogP contribution in [0.15, 0.2) is 34.8 Å². The average Bonchev–Trinajstić information content (AvgIpc) is 3.08. The quantitative estimate of drug-likeness (QED) is 0.744. The Bertz CT molecular complexity index is 848. The van der Waals surface area contributed by atoms with Gasteiger partial charge in [-0.1, -0.05) is 36.5 Å². The second-order valence-electron chi connectivity index (χ2n) is 4.74. The minimum absolute atomic E-state index is 0.233. The molecule has 22 heavy (non-hydrogen) atoms. The molecule has 2 aromatic heterocycles. The summed E-state index contributed by atoms with van der Waals surface area (Å²) in [4.78, 5) is 12.0. The van der Waals surface area contributed by atoms with Gasteiger partial charge in [0.05, 0.1) is 0 Å². The Morgan fingerprint density at radius 1 is 1.36 bits per heavy atom. The zero-order valence-electron chi connectivity index (χ0n) is 12.3. The van der Waals surface area contributed by atoms with E-state index in [1.54, 1.807) is 6.08 Å². The number of aromatic nitrogens is 2. The topological polar surface area (TPSA) is 68.0 Å². The zero-order valence-corrected chi connectivity index (χ0v) is 13.1. The smallest absolute Gasteiger partial charge is 0.250 e. The molecule has 0 unspecified atom stereocenters. The molecule has 1 N–H and O–H groups in total. The summed E-state index contributed by atoms with van der Waals surface area (Å²) in [6, 6.07) is 7.81. The Hall–Kier alpha value is -2.47. The molecule has 3 rings (SSSR count). The van der Waals surface area contributed by atoms with Gasteiger partial charge >= 0.3 is 0 Å². The fraction of sp³-hybridized carbons (Fsp3) is 0.188. The average molecular weight is 313 g/mol. The molecule has 0 aliphatic rings. The number of aryl methyl sites for hydroxylation is 2. The lowest BCUT2D eigenvalue weighted by atomic mass is 10.1. The van der Waals surface area contributed by atoms with Crippen molar-refractivity contribution in [1.82, 2.24) is 10.2 Å². The molecule has 112 valence electrons. The molecule has 0 aliphatic heterocycles. The third-order valence-electron chi connectivity index (χ3n) is 3.19. The number of carbonyl (C=O) groups excluding carboxylic acids is 1. The van der Waals surface area contributed by atoms with E-state index in [9.17, 15) is 4.79 Å². The zero-order chi connectivity index (χ0) is 15.5. The van der Waals surface area contributed by atoms with E-state index < -0.39 is 0 Å². The first-order chi connectivity index (χ1) is 10.7. The number of carbonyl (C=O) groups is 1. The van der Waals surface area contributed by atoms with E-state index in [1.165, 1.54) is 17.4 Å². The number of hydrogen-bond donors (Lipinski definition) is 1. The number of anilines is 1. The molecule has 2 heterocycles.